The van der Waals surface area contributed by atoms with E-state index in [-0.39, 0.29) is 0 Å². The van der Waals surface area contributed by atoms with Crippen molar-refractivity contribution < 1.29 is 4.43 Å². The zero-order chi connectivity index (χ0) is 10.3. The van der Waals surface area contributed by atoms with Crippen LogP contribution in [-0.2, 0) is 4.43 Å². The van der Waals surface area contributed by atoms with Gasteiger partial charge in [-0.15, -0.1) is 0 Å². The summed E-state index contributed by atoms with van der Waals surface area (Å²) in [6, 6.07) is 0. The summed E-state index contributed by atoms with van der Waals surface area (Å²) in [6.07, 6.45) is 8.33. The molecule has 0 bridgehead atoms. The van der Waals surface area contributed by atoms with Gasteiger partial charge in [0.25, 0.3) is 0 Å². The lowest BCUT2D eigenvalue weighted by atomic mass is 10.1. The molecule has 0 heterocycles. The maximum absolute atomic E-state index is 6.03. The summed E-state index contributed by atoms with van der Waals surface area (Å²) < 4.78 is 6.03. The molecule has 0 aliphatic heterocycles. The van der Waals surface area contributed by atoms with E-state index in [2.05, 4.69) is 45.6 Å². The predicted octanol–water partition coefficient (Wildman–Crippen LogP) is 3.97. The molecule has 0 aromatic rings. The Balaban J connectivity index is 3.94. The Morgan fingerprint density at radius 3 is 2.31 bits per heavy atom. The normalized spacial score (nSPS) is 15.2. The molecule has 2 heteroatoms. The summed E-state index contributed by atoms with van der Waals surface area (Å²) >= 11 is 0. The average Bonchev–Trinajstić information content (AvgIpc) is 1.98. The van der Waals surface area contributed by atoms with Crippen molar-refractivity contribution in [3.05, 3.63) is 12.2 Å². The molecule has 0 fully saturated rings. The highest BCUT2D eigenvalue weighted by Crippen LogP contribution is 2.13. The van der Waals surface area contributed by atoms with E-state index < -0.39 is 8.32 Å². The third kappa shape index (κ3) is 8.25. The highest BCUT2D eigenvalue weighted by Gasteiger charge is 2.18. The molecule has 0 radical (unpaired) electrons. The summed E-state index contributed by atoms with van der Waals surface area (Å²) in [5, 5.41) is 0. The van der Waals surface area contributed by atoms with Gasteiger partial charge in [-0.05, 0) is 33.0 Å². The van der Waals surface area contributed by atoms with Gasteiger partial charge < -0.3 is 4.43 Å². The Bertz CT molecular complexity index is 147. The van der Waals surface area contributed by atoms with Crippen LogP contribution in [0.3, 0.4) is 0 Å². The summed E-state index contributed by atoms with van der Waals surface area (Å²) in [7, 11) is -1.36. The van der Waals surface area contributed by atoms with Crippen LogP contribution in [0, 0.1) is 0 Å². The molecule has 1 nitrogen and oxygen atoms in total. The summed E-state index contributed by atoms with van der Waals surface area (Å²) in [4.78, 5) is 0. The molecule has 1 unspecified atom stereocenters. The van der Waals surface area contributed by atoms with Crippen molar-refractivity contribution in [2.45, 2.75) is 58.9 Å². The smallest absolute Gasteiger partial charge is 0.184 e. The van der Waals surface area contributed by atoms with Crippen molar-refractivity contribution >= 4 is 8.32 Å². The third-order valence-electron chi connectivity index (χ3n) is 1.75. The quantitative estimate of drug-likeness (QED) is 0.465. The first-order valence-corrected chi connectivity index (χ1v) is 8.71. The molecule has 0 spiro atoms. The van der Waals surface area contributed by atoms with Crippen molar-refractivity contribution in [2.75, 3.05) is 0 Å². The van der Waals surface area contributed by atoms with E-state index in [9.17, 15) is 0 Å². The van der Waals surface area contributed by atoms with Crippen LogP contribution in [0.2, 0.25) is 19.6 Å². The Morgan fingerprint density at radius 1 is 1.31 bits per heavy atom. The minimum atomic E-state index is -1.36. The largest absolute Gasteiger partial charge is 0.411 e. The molecule has 0 amide bonds. The van der Waals surface area contributed by atoms with Crippen LogP contribution in [0.25, 0.3) is 0 Å². The molecule has 0 aromatic heterocycles. The molecule has 0 saturated carbocycles. The summed E-state index contributed by atoms with van der Waals surface area (Å²) in [5.41, 5.74) is 0. The number of hydrogen-bond acceptors (Lipinski definition) is 1. The predicted molar refractivity (Wildman–Crippen MR) is 62.6 cm³/mol. The van der Waals surface area contributed by atoms with Crippen molar-refractivity contribution in [2.24, 2.45) is 0 Å². The number of rotatable bonds is 6. The van der Waals surface area contributed by atoms with Crippen LogP contribution in [0.5, 0.6) is 0 Å². The fraction of sp³-hybridized carbons (Fsp3) is 0.818. The van der Waals surface area contributed by atoms with E-state index in [1.165, 1.54) is 19.3 Å². The topological polar surface area (TPSA) is 9.23 Å². The fourth-order valence-corrected chi connectivity index (χ4v) is 2.37. The standard InChI is InChI=1S/C11H24OSi/c1-6-8-10-11(9-7-2)12-13(3,4)5/h7,9,11H,6,8,10H2,1-5H3. The van der Waals surface area contributed by atoms with Crippen LogP contribution in [0.4, 0.5) is 0 Å². The van der Waals surface area contributed by atoms with Crippen molar-refractivity contribution in [3.8, 4) is 0 Å². The van der Waals surface area contributed by atoms with Crippen molar-refractivity contribution in [1.29, 1.82) is 0 Å². The van der Waals surface area contributed by atoms with Gasteiger partial charge in [0.15, 0.2) is 8.32 Å². The zero-order valence-corrected chi connectivity index (χ0v) is 10.8. The first kappa shape index (κ1) is 12.9. The molecule has 0 aliphatic rings. The monoisotopic (exact) mass is 200 g/mol. The lowest BCUT2D eigenvalue weighted by Crippen LogP contribution is -2.31. The van der Waals surface area contributed by atoms with Gasteiger partial charge in [0.2, 0.25) is 0 Å². The van der Waals surface area contributed by atoms with Crippen molar-refractivity contribution in [1.82, 2.24) is 0 Å². The van der Waals surface area contributed by atoms with Gasteiger partial charge in [0.05, 0.1) is 6.10 Å². The molecular weight excluding hydrogens is 176 g/mol. The third-order valence-corrected chi connectivity index (χ3v) is 2.76. The second kappa shape index (κ2) is 6.38. The highest BCUT2D eigenvalue weighted by molar-refractivity contribution is 6.69. The van der Waals surface area contributed by atoms with Gasteiger partial charge in [-0.1, -0.05) is 31.9 Å². The number of hydrogen-bond donors (Lipinski definition) is 0. The van der Waals surface area contributed by atoms with Crippen molar-refractivity contribution in [3.63, 3.8) is 0 Å². The second-order valence-corrected chi connectivity index (χ2v) is 8.90. The molecule has 0 aliphatic carbocycles. The van der Waals surface area contributed by atoms with Crippen LogP contribution >= 0.6 is 0 Å². The maximum Gasteiger partial charge on any atom is 0.184 e. The van der Waals surface area contributed by atoms with E-state index in [1.54, 1.807) is 0 Å². The molecule has 0 saturated heterocycles. The Morgan fingerprint density at radius 2 is 1.92 bits per heavy atom. The van der Waals surface area contributed by atoms with E-state index in [0.29, 0.717) is 6.10 Å². The Kier molecular flexibility index (Phi) is 6.34. The van der Waals surface area contributed by atoms with Crippen LogP contribution < -0.4 is 0 Å². The zero-order valence-electron chi connectivity index (χ0n) is 9.76. The van der Waals surface area contributed by atoms with Crippen LogP contribution in [0.1, 0.15) is 33.1 Å². The second-order valence-electron chi connectivity index (χ2n) is 4.44. The molecule has 0 rings (SSSR count). The first-order valence-electron chi connectivity index (χ1n) is 5.30. The lowest BCUT2D eigenvalue weighted by molar-refractivity contribution is 0.227. The SMILES string of the molecule is CC=CC(CCCC)O[Si](C)(C)C. The van der Waals surface area contributed by atoms with E-state index in [0.717, 1.165) is 0 Å². The number of unbranched alkanes of at least 4 members (excludes halogenated alkanes) is 1. The maximum atomic E-state index is 6.03. The molecule has 78 valence electrons. The van der Waals surface area contributed by atoms with Crippen LogP contribution in [0.15, 0.2) is 12.2 Å². The van der Waals surface area contributed by atoms with Gasteiger partial charge >= 0.3 is 0 Å². The first-order chi connectivity index (χ1) is 5.99. The van der Waals surface area contributed by atoms with Crippen LogP contribution in [-0.4, -0.2) is 14.4 Å². The Labute approximate surface area is 84.3 Å². The summed E-state index contributed by atoms with van der Waals surface area (Å²) in [6.45, 7) is 11.0. The van der Waals surface area contributed by atoms with E-state index in [4.69, 9.17) is 4.43 Å². The molecule has 1 atom stereocenters. The fourth-order valence-electron chi connectivity index (χ4n) is 1.27. The molecule has 0 N–H and O–H groups in total. The molecule has 0 aromatic carbocycles. The van der Waals surface area contributed by atoms with Gasteiger partial charge in [-0.25, -0.2) is 0 Å². The summed E-state index contributed by atoms with van der Waals surface area (Å²) in [5.74, 6) is 0. The average molecular weight is 200 g/mol. The Hall–Kier alpha value is -0.0831. The minimum Gasteiger partial charge on any atom is -0.411 e. The van der Waals surface area contributed by atoms with Gasteiger partial charge in [-0.3, -0.25) is 0 Å². The lowest BCUT2D eigenvalue weighted by Gasteiger charge is -2.24. The minimum absolute atomic E-state index is 0.358. The van der Waals surface area contributed by atoms with E-state index >= 15 is 0 Å². The molecular formula is C11H24OSi. The van der Waals surface area contributed by atoms with Gasteiger partial charge in [0.1, 0.15) is 0 Å². The highest BCUT2D eigenvalue weighted by atomic mass is 28.4. The molecule has 13 heavy (non-hydrogen) atoms. The van der Waals surface area contributed by atoms with Gasteiger partial charge in [0, 0.05) is 0 Å². The van der Waals surface area contributed by atoms with Gasteiger partial charge in [-0.2, -0.15) is 0 Å². The number of allylic oxidation sites excluding steroid dienone is 1. The van der Waals surface area contributed by atoms with E-state index in [1.807, 2.05) is 0 Å².